The molecule has 0 N–H and O–H groups in total. The monoisotopic (exact) mass is 354 g/mol. The molecule has 0 aliphatic heterocycles. The summed E-state index contributed by atoms with van der Waals surface area (Å²) in [6, 6.07) is 10.6. The Balaban J connectivity index is 1.68. The molecule has 1 aromatic carbocycles. The van der Waals surface area contributed by atoms with Crippen molar-refractivity contribution in [3.05, 3.63) is 52.0 Å². The van der Waals surface area contributed by atoms with E-state index in [2.05, 4.69) is 26.1 Å². The number of rotatable bonds is 4. The third-order valence-corrected chi connectivity index (χ3v) is 3.07. The van der Waals surface area contributed by atoms with E-state index in [1.165, 1.54) is 0 Å². The quantitative estimate of drug-likeness (QED) is 0.697. The van der Waals surface area contributed by atoms with Crippen molar-refractivity contribution in [3.63, 3.8) is 0 Å². The molecular formula is C13H8BrClN2O3. The van der Waals surface area contributed by atoms with Crippen LogP contribution in [0.2, 0.25) is 5.02 Å². The molecule has 0 unspecified atom stereocenters. The highest BCUT2D eigenvalue weighted by Gasteiger charge is 2.12. The van der Waals surface area contributed by atoms with Gasteiger partial charge in [0.25, 0.3) is 11.8 Å². The maximum atomic E-state index is 5.86. The third kappa shape index (κ3) is 3.02. The molecule has 0 spiro atoms. The lowest BCUT2D eigenvalue weighted by Crippen LogP contribution is -1.95. The molecule has 3 rings (SSSR count). The van der Waals surface area contributed by atoms with Crippen LogP contribution in [-0.2, 0) is 6.61 Å². The number of furan rings is 1. The fraction of sp³-hybridized carbons (Fsp3) is 0.0769. The second kappa shape index (κ2) is 5.68. The highest BCUT2D eigenvalue weighted by Crippen LogP contribution is 2.24. The molecular weight excluding hydrogens is 348 g/mol. The number of hydrogen-bond acceptors (Lipinski definition) is 5. The Morgan fingerprint density at radius 3 is 2.80 bits per heavy atom. The van der Waals surface area contributed by atoms with Crippen molar-refractivity contribution in [1.82, 2.24) is 10.2 Å². The SMILES string of the molecule is Clc1cccc(OCc2nnc(-c3ccc(Br)o3)o2)c1. The van der Waals surface area contributed by atoms with Gasteiger partial charge in [0.1, 0.15) is 5.75 Å². The van der Waals surface area contributed by atoms with Crippen LogP contribution in [-0.4, -0.2) is 10.2 Å². The van der Waals surface area contributed by atoms with Crippen molar-refractivity contribution < 1.29 is 13.6 Å². The van der Waals surface area contributed by atoms with Crippen molar-refractivity contribution >= 4 is 27.5 Å². The summed E-state index contributed by atoms with van der Waals surface area (Å²) in [5.41, 5.74) is 0. The lowest BCUT2D eigenvalue weighted by Gasteiger charge is -2.02. The van der Waals surface area contributed by atoms with Crippen LogP contribution >= 0.6 is 27.5 Å². The van der Waals surface area contributed by atoms with Crippen LogP contribution in [0.5, 0.6) is 5.75 Å². The summed E-state index contributed by atoms with van der Waals surface area (Å²) in [5, 5.41) is 8.39. The van der Waals surface area contributed by atoms with Crippen molar-refractivity contribution in [3.8, 4) is 17.4 Å². The average molecular weight is 356 g/mol. The molecule has 0 radical (unpaired) electrons. The summed E-state index contributed by atoms with van der Waals surface area (Å²) in [6.07, 6.45) is 0. The topological polar surface area (TPSA) is 61.3 Å². The zero-order valence-corrected chi connectivity index (χ0v) is 12.4. The van der Waals surface area contributed by atoms with E-state index in [0.29, 0.717) is 33.0 Å². The van der Waals surface area contributed by atoms with E-state index < -0.39 is 0 Å². The lowest BCUT2D eigenvalue weighted by molar-refractivity contribution is 0.264. The molecule has 3 aromatic rings. The summed E-state index contributed by atoms with van der Waals surface area (Å²) in [4.78, 5) is 0. The molecule has 0 amide bonds. The number of benzene rings is 1. The van der Waals surface area contributed by atoms with Crippen molar-refractivity contribution in [2.24, 2.45) is 0 Å². The Labute approximate surface area is 127 Å². The number of nitrogens with zero attached hydrogens (tertiary/aromatic N) is 2. The lowest BCUT2D eigenvalue weighted by atomic mass is 10.3. The Kier molecular flexibility index (Phi) is 3.75. The van der Waals surface area contributed by atoms with Crippen LogP contribution < -0.4 is 4.74 Å². The van der Waals surface area contributed by atoms with Gasteiger partial charge in [0.15, 0.2) is 17.0 Å². The fourth-order valence-electron chi connectivity index (χ4n) is 1.54. The molecule has 0 saturated heterocycles. The second-order valence-corrected chi connectivity index (χ2v) is 5.07. The number of aromatic nitrogens is 2. The first kappa shape index (κ1) is 13.2. The second-order valence-electron chi connectivity index (χ2n) is 3.85. The summed E-state index contributed by atoms with van der Waals surface area (Å²) in [7, 11) is 0. The van der Waals surface area contributed by atoms with E-state index in [-0.39, 0.29) is 6.61 Å². The first-order valence-corrected chi connectivity index (χ1v) is 6.84. The molecule has 0 aliphatic carbocycles. The minimum absolute atomic E-state index is 0.162. The van der Waals surface area contributed by atoms with Crippen molar-refractivity contribution in [2.75, 3.05) is 0 Å². The Hall–Kier alpha value is -1.79. The van der Waals surface area contributed by atoms with Gasteiger partial charge in [0, 0.05) is 5.02 Å². The molecule has 5 nitrogen and oxygen atoms in total. The normalized spacial score (nSPS) is 10.7. The predicted octanol–water partition coefficient (Wildman–Crippen LogP) is 4.32. The minimum Gasteiger partial charge on any atom is -0.484 e. The van der Waals surface area contributed by atoms with Gasteiger partial charge in [-0.1, -0.05) is 17.7 Å². The van der Waals surface area contributed by atoms with Crippen molar-refractivity contribution in [1.29, 1.82) is 0 Å². The molecule has 0 atom stereocenters. The van der Waals surface area contributed by atoms with E-state index in [1.54, 1.807) is 36.4 Å². The Morgan fingerprint density at radius 2 is 2.05 bits per heavy atom. The van der Waals surface area contributed by atoms with Crippen LogP contribution in [0.15, 0.2) is 49.9 Å². The van der Waals surface area contributed by atoms with Crippen LogP contribution in [0.1, 0.15) is 5.89 Å². The molecule has 0 bridgehead atoms. The van der Waals surface area contributed by atoms with Gasteiger partial charge in [-0.3, -0.25) is 0 Å². The molecule has 2 aromatic heterocycles. The zero-order chi connectivity index (χ0) is 13.9. The van der Waals surface area contributed by atoms with Crippen LogP contribution in [0.3, 0.4) is 0 Å². The smallest absolute Gasteiger partial charge is 0.283 e. The molecule has 20 heavy (non-hydrogen) atoms. The minimum atomic E-state index is 0.162. The Morgan fingerprint density at radius 1 is 1.15 bits per heavy atom. The third-order valence-electron chi connectivity index (χ3n) is 2.41. The molecule has 102 valence electrons. The van der Waals surface area contributed by atoms with Gasteiger partial charge >= 0.3 is 0 Å². The van der Waals surface area contributed by atoms with Crippen LogP contribution in [0, 0.1) is 0 Å². The van der Waals surface area contributed by atoms with E-state index in [4.69, 9.17) is 25.2 Å². The van der Waals surface area contributed by atoms with Gasteiger partial charge in [-0.15, -0.1) is 10.2 Å². The summed E-state index contributed by atoms with van der Waals surface area (Å²) in [6.45, 7) is 0.162. The molecule has 7 heteroatoms. The maximum absolute atomic E-state index is 5.86. The van der Waals surface area contributed by atoms with Gasteiger partial charge in [-0.25, -0.2) is 0 Å². The summed E-state index contributed by atoms with van der Waals surface area (Å²) >= 11 is 9.08. The van der Waals surface area contributed by atoms with Gasteiger partial charge in [-0.05, 0) is 46.3 Å². The Bertz CT molecular complexity index is 726. The molecule has 0 fully saturated rings. The summed E-state index contributed by atoms with van der Waals surface area (Å²) in [5.74, 6) is 1.80. The zero-order valence-electron chi connectivity index (χ0n) is 10.0. The van der Waals surface area contributed by atoms with E-state index >= 15 is 0 Å². The maximum Gasteiger partial charge on any atom is 0.283 e. The van der Waals surface area contributed by atoms with E-state index in [0.717, 1.165) is 0 Å². The summed E-state index contributed by atoms with van der Waals surface area (Å²) < 4.78 is 16.9. The van der Waals surface area contributed by atoms with Gasteiger partial charge < -0.3 is 13.6 Å². The number of ether oxygens (including phenoxy) is 1. The predicted molar refractivity (Wildman–Crippen MR) is 75.5 cm³/mol. The first-order chi connectivity index (χ1) is 9.70. The van der Waals surface area contributed by atoms with Gasteiger partial charge in [-0.2, -0.15) is 0 Å². The highest BCUT2D eigenvalue weighted by molar-refractivity contribution is 9.10. The van der Waals surface area contributed by atoms with E-state index in [1.807, 2.05) is 0 Å². The highest BCUT2D eigenvalue weighted by atomic mass is 79.9. The standard InChI is InChI=1S/C13H8BrClN2O3/c14-11-5-4-10(19-11)13-17-16-12(20-13)7-18-9-3-1-2-8(15)6-9/h1-6H,7H2. The number of hydrogen-bond donors (Lipinski definition) is 0. The molecule has 2 heterocycles. The van der Waals surface area contributed by atoms with E-state index in [9.17, 15) is 0 Å². The largest absolute Gasteiger partial charge is 0.484 e. The number of halogens is 2. The van der Waals surface area contributed by atoms with Gasteiger partial charge in [0.05, 0.1) is 0 Å². The van der Waals surface area contributed by atoms with Gasteiger partial charge in [0.2, 0.25) is 0 Å². The molecule has 0 aliphatic rings. The van der Waals surface area contributed by atoms with Crippen LogP contribution in [0.4, 0.5) is 0 Å². The fourth-order valence-corrected chi connectivity index (χ4v) is 2.03. The first-order valence-electron chi connectivity index (χ1n) is 5.67. The van der Waals surface area contributed by atoms with Crippen molar-refractivity contribution in [2.45, 2.75) is 6.61 Å². The average Bonchev–Trinajstić information content (AvgIpc) is 3.05. The molecule has 0 saturated carbocycles. The van der Waals surface area contributed by atoms with Crippen LogP contribution in [0.25, 0.3) is 11.7 Å².